The van der Waals surface area contributed by atoms with Gasteiger partial charge in [0.2, 0.25) is 0 Å². The predicted octanol–water partition coefficient (Wildman–Crippen LogP) is 2.50. The van der Waals surface area contributed by atoms with Crippen LogP contribution in [0.5, 0.6) is 0 Å². The van der Waals surface area contributed by atoms with Gasteiger partial charge in [0.1, 0.15) is 5.82 Å². The SMILES string of the molecule is CCN1CCOC(Cn2c(CCl)nc3ccccc32)C1. The Morgan fingerprint density at radius 2 is 2.25 bits per heavy atom. The van der Waals surface area contributed by atoms with Crippen LogP contribution in [0.1, 0.15) is 12.7 Å². The Hall–Kier alpha value is -1.10. The fourth-order valence-electron chi connectivity index (χ4n) is 2.81. The zero-order valence-corrected chi connectivity index (χ0v) is 12.5. The van der Waals surface area contributed by atoms with Crippen LogP contribution in [0.2, 0.25) is 0 Å². The van der Waals surface area contributed by atoms with E-state index in [-0.39, 0.29) is 6.10 Å². The number of imidazole rings is 1. The third-order valence-electron chi connectivity index (χ3n) is 3.91. The number of likely N-dealkylation sites (N-methyl/N-ethyl adjacent to an activating group) is 1. The van der Waals surface area contributed by atoms with Crippen molar-refractivity contribution in [1.82, 2.24) is 14.5 Å². The number of hydrogen-bond donors (Lipinski definition) is 0. The van der Waals surface area contributed by atoms with Crippen molar-refractivity contribution in [3.63, 3.8) is 0 Å². The quantitative estimate of drug-likeness (QED) is 0.812. The van der Waals surface area contributed by atoms with E-state index in [1.54, 1.807) is 0 Å². The molecule has 20 heavy (non-hydrogen) atoms. The van der Waals surface area contributed by atoms with Crippen LogP contribution in [-0.4, -0.2) is 46.8 Å². The van der Waals surface area contributed by atoms with E-state index in [1.807, 2.05) is 18.2 Å². The molecule has 1 aliphatic heterocycles. The Morgan fingerprint density at radius 1 is 1.40 bits per heavy atom. The first-order valence-corrected chi connectivity index (χ1v) is 7.69. The molecule has 0 N–H and O–H groups in total. The van der Waals surface area contributed by atoms with Gasteiger partial charge in [0.05, 0.1) is 36.2 Å². The van der Waals surface area contributed by atoms with Gasteiger partial charge in [-0.05, 0) is 18.7 Å². The third kappa shape index (κ3) is 2.68. The molecule has 1 aliphatic rings. The highest BCUT2D eigenvalue weighted by Crippen LogP contribution is 2.19. The molecule has 0 amide bonds. The van der Waals surface area contributed by atoms with E-state index in [1.165, 1.54) is 0 Å². The van der Waals surface area contributed by atoms with E-state index in [2.05, 4.69) is 27.4 Å². The molecule has 2 heterocycles. The largest absolute Gasteiger partial charge is 0.374 e. The van der Waals surface area contributed by atoms with Crippen LogP contribution in [0.25, 0.3) is 11.0 Å². The predicted molar refractivity (Wildman–Crippen MR) is 81.1 cm³/mol. The topological polar surface area (TPSA) is 30.3 Å². The molecule has 1 unspecified atom stereocenters. The molecule has 0 spiro atoms. The Balaban J connectivity index is 1.86. The molecule has 1 saturated heterocycles. The number of fused-ring (bicyclic) bond motifs is 1. The third-order valence-corrected chi connectivity index (χ3v) is 4.15. The van der Waals surface area contributed by atoms with E-state index in [0.717, 1.165) is 49.6 Å². The molecule has 3 rings (SSSR count). The number of morpholine rings is 1. The normalized spacial score (nSPS) is 20.6. The summed E-state index contributed by atoms with van der Waals surface area (Å²) in [7, 11) is 0. The minimum Gasteiger partial charge on any atom is -0.374 e. The zero-order chi connectivity index (χ0) is 13.9. The summed E-state index contributed by atoms with van der Waals surface area (Å²) in [6.07, 6.45) is 0.211. The lowest BCUT2D eigenvalue weighted by Crippen LogP contribution is -2.44. The van der Waals surface area contributed by atoms with Gasteiger partial charge in [0.15, 0.2) is 0 Å². The van der Waals surface area contributed by atoms with Crippen molar-refractivity contribution >= 4 is 22.6 Å². The molecule has 1 aromatic heterocycles. The maximum atomic E-state index is 6.04. The van der Waals surface area contributed by atoms with Crippen LogP contribution in [0, 0.1) is 0 Å². The molecule has 0 saturated carbocycles. The second-order valence-corrected chi connectivity index (χ2v) is 5.41. The molecule has 1 atom stereocenters. The van der Waals surface area contributed by atoms with Gasteiger partial charge in [-0.25, -0.2) is 4.98 Å². The maximum Gasteiger partial charge on any atom is 0.124 e. The lowest BCUT2D eigenvalue weighted by Gasteiger charge is -2.32. The van der Waals surface area contributed by atoms with Gasteiger partial charge < -0.3 is 9.30 Å². The second-order valence-electron chi connectivity index (χ2n) is 5.15. The highest BCUT2D eigenvalue weighted by molar-refractivity contribution is 6.16. The van der Waals surface area contributed by atoms with Gasteiger partial charge in [-0.15, -0.1) is 11.6 Å². The second kappa shape index (κ2) is 6.12. The van der Waals surface area contributed by atoms with Gasteiger partial charge in [0, 0.05) is 13.1 Å². The van der Waals surface area contributed by atoms with Gasteiger partial charge in [-0.3, -0.25) is 4.90 Å². The first kappa shape index (κ1) is 13.9. The van der Waals surface area contributed by atoms with E-state index < -0.39 is 0 Å². The van der Waals surface area contributed by atoms with Crippen LogP contribution >= 0.6 is 11.6 Å². The summed E-state index contributed by atoms with van der Waals surface area (Å²) in [4.78, 5) is 7.02. The number of aromatic nitrogens is 2. The minimum atomic E-state index is 0.211. The number of halogens is 1. The monoisotopic (exact) mass is 293 g/mol. The van der Waals surface area contributed by atoms with Crippen molar-refractivity contribution in [3.8, 4) is 0 Å². The van der Waals surface area contributed by atoms with E-state index in [0.29, 0.717) is 5.88 Å². The van der Waals surface area contributed by atoms with Crippen LogP contribution in [-0.2, 0) is 17.2 Å². The molecule has 0 aliphatic carbocycles. The Labute approximate surface area is 124 Å². The van der Waals surface area contributed by atoms with E-state index in [4.69, 9.17) is 16.3 Å². The highest BCUT2D eigenvalue weighted by Gasteiger charge is 2.21. The zero-order valence-electron chi connectivity index (χ0n) is 11.8. The van der Waals surface area contributed by atoms with Crippen LogP contribution in [0.3, 0.4) is 0 Å². The number of hydrogen-bond acceptors (Lipinski definition) is 3. The molecule has 0 radical (unpaired) electrons. The Morgan fingerprint density at radius 3 is 3.05 bits per heavy atom. The van der Waals surface area contributed by atoms with Crippen molar-refractivity contribution in [1.29, 1.82) is 0 Å². The maximum absolute atomic E-state index is 6.04. The lowest BCUT2D eigenvalue weighted by molar-refractivity contribution is -0.0340. The molecule has 5 heteroatoms. The summed E-state index contributed by atoms with van der Waals surface area (Å²) >= 11 is 6.04. The van der Waals surface area contributed by atoms with Crippen molar-refractivity contribution in [3.05, 3.63) is 30.1 Å². The number of rotatable bonds is 4. The average molecular weight is 294 g/mol. The Bertz CT molecular complexity index is 584. The first-order chi connectivity index (χ1) is 9.81. The first-order valence-electron chi connectivity index (χ1n) is 7.16. The standard InChI is InChI=1S/C15H20ClN3O/c1-2-18-7-8-20-12(10-18)11-19-14-6-4-3-5-13(14)17-15(19)9-16/h3-6,12H,2,7-11H2,1H3. The van der Waals surface area contributed by atoms with Crippen molar-refractivity contribution in [2.75, 3.05) is 26.2 Å². The molecule has 1 aromatic carbocycles. The van der Waals surface area contributed by atoms with Crippen LogP contribution < -0.4 is 0 Å². The fourth-order valence-corrected chi connectivity index (χ4v) is 3.02. The van der Waals surface area contributed by atoms with Crippen LogP contribution in [0.4, 0.5) is 0 Å². The van der Waals surface area contributed by atoms with Gasteiger partial charge in [0.25, 0.3) is 0 Å². The van der Waals surface area contributed by atoms with Gasteiger partial charge >= 0.3 is 0 Å². The minimum absolute atomic E-state index is 0.211. The molecule has 1 fully saturated rings. The number of para-hydroxylation sites is 2. The molecule has 108 valence electrons. The molecule has 0 bridgehead atoms. The molecule has 4 nitrogen and oxygen atoms in total. The summed E-state index contributed by atoms with van der Waals surface area (Å²) < 4.78 is 8.10. The van der Waals surface area contributed by atoms with Gasteiger partial charge in [-0.2, -0.15) is 0 Å². The summed E-state index contributed by atoms with van der Waals surface area (Å²) in [6, 6.07) is 8.17. The summed E-state index contributed by atoms with van der Waals surface area (Å²) in [6.45, 7) is 6.90. The van der Waals surface area contributed by atoms with Crippen molar-refractivity contribution < 1.29 is 4.74 Å². The van der Waals surface area contributed by atoms with Crippen molar-refractivity contribution in [2.24, 2.45) is 0 Å². The van der Waals surface area contributed by atoms with Gasteiger partial charge in [-0.1, -0.05) is 19.1 Å². The summed E-state index contributed by atoms with van der Waals surface area (Å²) in [5.74, 6) is 1.35. The molecule has 2 aromatic rings. The van der Waals surface area contributed by atoms with Crippen molar-refractivity contribution in [2.45, 2.75) is 25.5 Å². The summed E-state index contributed by atoms with van der Waals surface area (Å²) in [5.41, 5.74) is 2.15. The van der Waals surface area contributed by atoms with E-state index in [9.17, 15) is 0 Å². The smallest absolute Gasteiger partial charge is 0.124 e. The Kier molecular flexibility index (Phi) is 4.24. The highest BCUT2D eigenvalue weighted by atomic mass is 35.5. The number of nitrogens with zero attached hydrogens (tertiary/aromatic N) is 3. The molecular weight excluding hydrogens is 274 g/mol. The van der Waals surface area contributed by atoms with E-state index >= 15 is 0 Å². The molecular formula is C15H20ClN3O. The fraction of sp³-hybridized carbons (Fsp3) is 0.533. The number of benzene rings is 1. The van der Waals surface area contributed by atoms with Crippen LogP contribution in [0.15, 0.2) is 24.3 Å². The lowest BCUT2D eigenvalue weighted by atomic mass is 10.2. The summed E-state index contributed by atoms with van der Waals surface area (Å²) in [5, 5.41) is 0. The number of ether oxygens (including phenoxy) is 1. The average Bonchev–Trinajstić information content (AvgIpc) is 2.85. The number of alkyl halides is 1.